The third kappa shape index (κ3) is 4.72. The first kappa shape index (κ1) is 21.3. The van der Waals surface area contributed by atoms with E-state index in [1.165, 1.54) is 4.90 Å². The molecular weight excluding hydrogens is 397 g/mol. The molecule has 8 heteroatoms. The fraction of sp³-hybridized carbons (Fsp3) is 0.522. The van der Waals surface area contributed by atoms with E-state index < -0.39 is 12.2 Å². The Bertz CT molecular complexity index is 970. The van der Waals surface area contributed by atoms with Crippen LogP contribution in [0.3, 0.4) is 0 Å². The van der Waals surface area contributed by atoms with Gasteiger partial charge in [0.2, 0.25) is 5.91 Å². The van der Waals surface area contributed by atoms with Gasteiger partial charge in [-0.25, -0.2) is 4.39 Å². The van der Waals surface area contributed by atoms with Gasteiger partial charge in [0.15, 0.2) is 0 Å². The minimum Gasteiger partial charge on any atom is -0.492 e. The minimum absolute atomic E-state index is 0.0356. The number of hydrogen-bond acceptors (Lipinski definition) is 6. The number of fused-ring (bicyclic) bond motifs is 1. The minimum atomic E-state index is -1.10. The second-order valence-electron chi connectivity index (χ2n) is 8.16. The molecular formula is C23H28FN5O2. The zero-order valence-electron chi connectivity index (χ0n) is 17.8. The van der Waals surface area contributed by atoms with Gasteiger partial charge in [0.1, 0.15) is 23.5 Å². The van der Waals surface area contributed by atoms with Gasteiger partial charge in [0.05, 0.1) is 25.8 Å². The van der Waals surface area contributed by atoms with Crippen molar-refractivity contribution in [3.8, 4) is 11.8 Å². The molecule has 2 aliphatic heterocycles. The summed E-state index contributed by atoms with van der Waals surface area (Å²) < 4.78 is 19.3. The van der Waals surface area contributed by atoms with Crippen LogP contribution in [0.15, 0.2) is 30.5 Å². The number of hydrogen-bond donors (Lipinski definition) is 1. The fourth-order valence-electron chi connectivity index (χ4n) is 4.46. The van der Waals surface area contributed by atoms with Crippen LogP contribution < -0.4 is 10.1 Å². The Kier molecular flexibility index (Phi) is 6.52. The number of carbonyl (C=O) groups is 1. The predicted molar refractivity (Wildman–Crippen MR) is 117 cm³/mol. The molecule has 7 nitrogen and oxygen atoms in total. The summed E-state index contributed by atoms with van der Waals surface area (Å²) in [7, 11) is 0. The molecule has 3 heterocycles. The number of aromatic nitrogens is 1. The van der Waals surface area contributed by atoms with Gasteiger partial charge in [0, 0.05) is 42.8 Å². The number of halogens is 1. The molecule has 2 atom stereocenters. The number of nitrogens with one attached hydrogen (secondary N) is 1. The van der Waals surface area contributed by atoms with Crippen molar-refractivity contribution in [2.75, 3.05) is 38.1 Å². The van der Waals surface area contributed by atoms with Gasteiger partial charge in [-0.1, -0.05) is 0 Å². The van der Waals surface area contributed by atoms with Gasteiger partial charge < -0.3 is 15.0 Å². The van der Waals surface area contributed by atoms with Gasteiger partial charge in [-0.15, -0.1) is 0 Å². The third-order valence-electron chi connectivity index (χ3n) is 6.06. The van der Waals surface area contributed by atoms with Crippen LogP contribution in [0.25, 0.3) is 10.9 Å². The van der Waals surface area contributed by atoms with Crippen LogP contribution in [0, 0.1) is 11.3 Å². The van der Waals surface area contributed by atoms with E-state index in [9.17, 15) is 9.18 Å². The molecule has 0 bridgehead atoms. The molecule has 0 radical (unpaired) electrons. The standard InChI is InChI=1S/C23H28FN5O2/c1-2-31-21-6-5-20(19-4-3-9-26-23(19)21)27-17-7-10-28(11-8-17)15-22(30)29-14-16(24)12-18(29)13-25/h3-6,9,16-18,27H,2,7-8,10-12,14-15H2,1H3/t16-,18?/m0/s1. The van der Waals surface area contributed by atoms with Gasteiger partial charge in [-0.3, -0.25) is 14.7 Å². The summed E-state index contributed by atoms with van der Waals surface area (Å²) in [6.45, 7) is 4.39. The second kappa shape index (κ2) is 9.48. The van der Waals surface area contributed by atoms with Crippen LogP contribution in [-0.2, 0) is 4.79 Å². The van der Waals surface area contributed by atoms with Crippen molar-refractivity contribution in [3.05, 3.63) is 30.5 Å². The van der Waals surface area contributed by atoms with E-state index in [-0.39, 0.29) is 25.4 Å². The van der Waals surface area contributed by atoms with Crippen LogP contribution in [0.1, 0.15) is 26.2 Å². The molecule has 31 heavy (non-hydrogen) atoms. The van der Waals surface area contributed by atoms with E-state index in [1.54, 1.807) is 6.20 Å². The first-order chi connectivity index (χ1) is 15.1. The number of alkyl halides is 1. The summed E-state index contributed by atoms with van der Waals surface area (Å²) in [4.78, 5) is 20.5. The lowest BCUT2D eigenvalue weighted by molar-refractivity contribution is -0.132. The van der Waals surface area contributed by atoms with E-state index in [0.717, 1.165) is 48.3 Å². The number of nitrogens with zero attached hydrogens (tertiary/aromatic N) is 4. The van der Waals surface area contributed by atoms with Crippen molar-refractivity contribution in [1.82, 2.24) is 14.8 Å². The van der Waals surface area contributed by atoms with Crippen molar-refractivity contribution in [2.24, 2.45) is 0 Å². The summed E-state index contributed by atoms with van der Waals surface area (Å²) in [5.41, 5.74) is 1.88. The van der Waals surface area contributed by atoms with E-state index in [0.29, 0.717) is 12.6 Å². The van der Waals surface area contributed by atoms with Crippen molar-refractivity contribution >= 4 is 22.5 Å². The molecule has 2 fully saturated rings. The number of piperidine rings is 1. The fourth-order valence-corrected chi connectivity index (χ4v) is 4.46. The molecule has 0 spiro atoms. The third-order valence-corrected chi connectivity index (χ3v) is 6.06. The maximum absolute atomic E-state index is 13.6. The summed E-state index contributed by atoms with van der Waals surface area (Å²) in [5, 5.41) is 13.8. The lowest BCUT2D eigenvalue weighted by Crippen LogP contribution is -2.46. The summed E-state index contributed by atoms with van der Waals surface area (Å²) in [6.07, 6.45) is 2.60. The Morgan fingerprint density at radius 1 is 1.35 bits per heavy atom. The first-order valence-electron chi connectivity index (χ1n) is 10.9. The molecule has 1 unspecified atom stereocenters. The molecule has 2 saturated heterocycles. The zero-order chi connectivity index (χ0) is 21.8. The molecule has 2 aliphatic rings. The predicted octanol–water partition coefficient (Wildman–Crippen LogP) is 2.97. The molecule has 0 aliphatic carbocycles. The van der Waals surface area contributed by atoms with Crippen molar-refractivity contribution < 1.29 is 13.9 Å². The molecule has 1 N–H and O–H groups in total. The summed E-state index contributed by atoms with van der Waals surface area (Å²) in [6, 6.07) is 9.66. The SMILES string of the molecule is CCOc1ccc(NC2CCN(CC(=O)N3C[C@@H](F)CC3C#N)CC2)c2cccnc12. The lowest BCUT2D eigenvalue weighted by atomic mass is 10.0. The number of nitriles is 1. The Morgan fingerprint density at radius 2 is 2.16 bits per heavy atom. The maximum atomic E-state index is 13.6. The average Bonchev–Trinajstić information content (AvgIpc) is 3.18. The molecule has 1 aromatic heterocycles. The number of anilines is 1. The number of rotatable bonds is 6. The topological polar surface area (TPSA) is 81.5 Å². The van der Waals surface area contributed by atoms with Crippen molar-refractivity contribution in [1.29, 1.82) is 5.26 Å². The largest absolute Gasteiger partial charge is 0.492 e. The van der Waals surface area contributed by atoms with E-state index in [2.05, 4.69) is 15.2 Å². The highest BCUT2D eigenvalue weighted by atomic mass is 19.1. The van der Waals surface area contributed by atoms with Crippen LogP contribution >= 0.6 is 0 Å². The van der Waals surface area contributed by atoms with E-state index in [1.807, 2.05) is 37.3 Å². The number of likely N-dealkylation sites (tertiary alicyclic amines) is 2. The molecule has 0 saturated carbocycles. The highest BCUT2D eigenvalue weighted by Crippen LogP contribution is 2.31. The normalized spacial score (nSPS) is 22.4. The zero-order valence-corrected chi connectivity index (χ0v) is 17.8. The van der Waals surface area contributed by atoms with E-state index >= 15 is 0 Å². The van der Waals surface area contributed by atoms with Crippen molar-refractivity contribution in [3.63, 3.8) is 0 Å². The number of pyridine rings is 1. The first-order valence-corrected chi connectivity index (χ1v) is 10.9. The van der Waals surface area contributed by atoms with E-state index in [4.69, 9.17) is 10.00 Å². The van der Waals surface area contributed by atoms with Gasteiger partial charge in [-0.05, 0) is 44.0 Å². The van der Waals surface area contributed by atoms with Gasteiger partial charge in [-0.2, -0.15) is 5.26 Å². The Balaban J connectivity index is 1.34. The average molecular weight is 426 g/mol. The number of benzene rings is 1. The lowest BCUT2D eigenvalue weighted by Gasteiger charge is -2.33. The summed E-state index contributed by atoms with van der Waals surface area (Å²) in [5.74, 6) is 0.631. The maximum Gasteiger partial charge on any atom is 0.237 e. The molecule has 2 aromatic rings. The van der Waals surface area contributed by atoms with Crippen LogP contribution in [0.5, 0.6) is 5.75 Å². The van der Waals surface area contributed by atoms with Crippen molar-refractivity contribution in [2.45, 2.75) is 44.4 Å². The van der Waals surface area contributed by atoms with Crippen LogP contribution in [0.2, 0.25) is 0 Å². The van der Waals surface area contributed by atoms with Crippen LogP contribution in [-0.4, -0.2) is 71.7 Å². The van der Waals surface area contributed by atoms with Gasteiger partial charge >= 0.3 is 0 Å². The smallest absolute Gasteiger partial charge is 0.237 e. The highest BCUT2D eigenvalue weighted by molar-refractivity contribution is 5.95. The molecule has 1 aromatic carbocycles. The number of ether oxygens (including phenoxy) is 1. The second-order valence-corrected chi connectivity index (χ2v) is 8.16. The molecule has 164 valence electrons. The Hall–Kier alpha value is -2.92. The number of carbonyl (C=O) groups excluding carboxylic acids is 1. The van der Waals surface area contributed by atoms with Crippen LogP contribution in [0.4, 0.5) is 10.1 Å². The molecule has 1 amide bonds. The molecule has 4 rings (SSSR count). The monoisotopic (exact) mass is 425 g/mol. The summed E-state index contributed by atoms with van der Waals surface area (Å²) >= 11 is 0. The Morgan fingerprint density at radius 3 is 2.90 bits per heavy atom. The Labute approximate surface area is 181 Å². The number of amides is 1. The highest BCUT2D eigenvalue weighted by Gasteiger charge is 2.36. The van der Waals surface area contributed by atoms with Gasteiger partial charge in [0.25, 0.3) is 0 Å². The quantitative estimate of drug-likeness (QED) is 0.766.